The molecule has 6 nitrogen and oxygen atoms in total. The number of aromatic nitrogens is 2. The van der Waals surface area contributed by atoms with Gasteiger partial charge in [0.2, 0.25) is 5.91 Å². The first-order chi connectivity index (χ1) is 9.58. The third-order valence-electron chi connectivity index (χ3n) is 2.33. The summed E-state index contributed by atoms with van der Waals surface area (Å²) < 4.78 is 5.95. The zero-order chi connectivity index (χ0) is 14.5. The Bertz CT molecular complexity index is 615. The van der Waals surface area contributed by atoms with Crippen molar-refractivity contribution in [3.05, 3.63) is 23.2 Å². The Labute approximate surface area is 124 Å². The van der Waals surface area contributed by atoms with Gasteiger partial charge in [-0.3, -0.25) is 4.79 Å². The summed E-state index contributed by atoms with van der Waals surface area (Å²) in [6.07, 6.45) is 0. The van der Waals surface area contributed by atoms with Crippen molar-refractivity contribution in [3.63, 3.8) is 0 Å². The fraction of sp³-hybridized carbons (Fsp3) is 0.250. The van der Waals surface area contributed by atoms with Gasteiger partial charge in [0.15, 0.2) is 4.34 Å². The van der Waals surface area contributed by atoms with Crippen molar-refractivity contribution >= 4 is 40.4 Å². The van der Waals surface area contributed by atoms with Crippen LogP contribution in [0, 0.1) is 6.92 Å². The van der Waals surface area contributed by atoms with Gasteiger partial charge in [0.05, 0.1) is 18.6 Å². The van der Waals surface area contributed by atoms with Crippen LogP contribution in [0.1, 0.15) is 5.01 Å². The minimum Gasteiger partial charge on any atom is -0.495 e. The van der Waals surface area contributed by atoms with E-state index in [-0.39, 0.29) is 11.7 Å². The SMILES string of the molecule is COc1ccc(N)cc1NC(=O)CSc1nnc(C)s1. The maximum Gasteiger partial charge on any atom is 0.234 e. The van der Waals surface area contributed by atoms with E-state index < -0.39 is 0 Å². The average molecular weight is 310 g/mol. The fourth-order valence-electron chi connectivity index (χ4n) is 1.47. The number of carbonyl (C=O) groups excluding carboxylic acids is 1. The van der Waals surface area contributed by atoms with Crippen molar-refractivity contribution in [2.75, 3.05) is 23.9 Å². The molecule has 1 amide bonds. The maximum absolute atomic E-state index is 11.9. The molecule has 0 spiro atoms. The van der Waals surface area contributed by atoms with Gasteiger partial charge < -0.3 is 15.8 Å². The zero-order valence-corrected chi connectivity index (χ0v) is 12.7. The minimum atomic E-state index is -0.147. The summed E-state index contributed by atoms with van der Waals surface area (Å²) in [5.41, 5.74) is 6.82. The number of hydrogen-bond acceptors (Lipinski definition) is 7. The fourth-order valence-corrected chi connectivity index (χ4v) is 3.09. The predicted octanol–water partition coefficient (Wildman–Crippen LogP) is 2.17. The minimum absolute atomic E-state index is 0.147. The van der Waals surface area contributed by atoms with Gasteiger partial charge in [-0.1, -0.05) is 23.1 Å². The van der Waals surface area contributed by atoms with Crippen LogP contribution in [0.4, 0.5) is 11.4 Å². The Morgan fingerprint density at radius 1 is 1.50 bits per heavy atom. The third kappa shape index (κ3) is 3.84. The number of aryl methyl sites for hydroxylation is 1. The predicted molar refractivity (Wildman–Crippen MR) is 81.4 cm³/mol. The number of rotatable bonds is 5. The highest BCUT2D eigenvalue weighted by Gasteiger charge is 2.10. The van der Waals surface area contributed by atoms with Crippen LogP contribution in [0.5, 0.6) is 5.75 Å². The van der Waals surface area contributed by atoms with Crippen molar-refractivity contribution in [2.24, 2.45) is 0 Å². The molecule has 0 unspecified atom stereocenters. The van der Waals surface area contributed by atoms with Gasteiger partial charge in [0.1, 0.15) is 10.8 Å². The first kappa shape index (κ1) is 14.6. The molecule has 106 valence electrons. The van der Waals surface area contributed by atoms with Crippen LogP contribution < -0.4 is 15.8 Å². The lowest BCUT2D eigenvalue weighted by molar-refractivity contribution is -0.113. The molecule has 0 atom stereocenters. The first-order valence-corrected chi connectivity index (χ1v) is 7.55. The highest BCUT2D eigenvalue weighted by molar-refractivity contribution is 8.01. The summed E-state index contributed by atoms with van der Waals surface area (Å²) in [6, 6.07) is 5.09. The number of benzene rings is 1. The summed E-state index contributed by atoms with van der Waals surface area (Å²) in [6.45, 7) is 1.87. The summed E-state index contributed by atoms with van der Waals surface area (Å²) in [5.74, 6) is 0.683. The van der Waals surface area contributed by atoms with Gasteiger partial charge in [0, 0.05) is 5.69 Å². The van der Waals surface area contributed by atoms with E-state index in [9.17, 15) is 4.79 Å². The molecule has 0 saturated carbocycles. The Kier molecular flexibility index (Phi) is 4.80. The molecule has 0 radical (unpaired) electrons. The number of nitrogens with zero attached hydrogens (tertiary/aromatic N) is 2. The number of methoxy groups -OCH3 is 1. The highest BCUT2D eigenvalue weighted by atomic mass is 32.2. The number of nitrogens with two attached hydrogens (primary N) is 1. The summed E-state index contributed by atoms with van der Waals surface area (Å²) >= 11 is 2.81. The molecule has 0 aliphatic heterocycles. The number of amides is 1. The molecule has 0 fully saturated rings. The number of ether oxygens (including phenoxy) is 1. The van der Waals surface area contributed by atoms with Gasteiger partial charge in [0.25, 0.3) is 0 Å². The molecule has 8 heteroatoms. The first-order valence-electron chi connectivity index (χ1n) is 5.75. The molecule has 1 aromatic heterocycles. The summed E-state index contributed by atoms with van der Waals surface area (Å²) in [4.78, 5) is 11.9. The summed E-state index contributed by atoms with van der Waals surface area (Å²) in [5, 5.41) is 11.5. The Morgan fingerprint density at radius 2 is 2.30 bits per heavy atom. The smallest absolute Gasteiger partial charge is 0.234 e. The van der Waals surface area contributed by atoms with E-state index in [0.717, 1.165) is 9.35 Å². The molecule has 0 bridgehead atoms. The Balaban J connectivity index is 1.96. The molecule has 1 heterocycles. The van der Waals surface area contributed by atoms with E-state index in [2.05, 4.69) is 15.5 Å². The molecular formula is C12H14N4O2S2. The van der Waals surface area contributed by atoms with Crippen LogP contribution in [-0.4, -0.2) is 29.0 Å². The van der Waals surface area contributed by atoms with Crippen molar-refractivity contribution in [3.8, 4) is 5.75 Å². The number of hydrogen-bond donors (Lipinski definition) is 2. The van der Waals surface area contributed by atoms with E-state index in [1.807, 2.05) is 6.92 Å². The highest BCUT2D eigenvalue weighted by Crippen LogP contribution is 2.27. The van der Waals surface area contributed by atoms with E-state index >= 15 is 0 Å². The van der Waals surface area contributed by atoms with Crippen molar-refractivity contribution in [1.29, 1.82) is 0 Å². The Hall–Kier alpha value is -1.80. The van der Waals surface area contributed by atoms with Gasteiger partial charge >= 0.3 is 0 Å². The molecule has 1 aromatic carbocycles. The number of carbonyl (C=O) groups is 1. The second-order valence-corrected chi connectivity index (χ2v) is 6.29. The van der Waals surface area contributed by atoms with E-state index in [4.69, 9.17) is 10.5 Å². The Morgan fingerprint density at radius 3 is 2.95 bits per heavy atom. The average Bonchev–Trinajstić information content (AvgIpc) is 2.83. The number of nitrogen functional groups attached to an aromatic ring is 1. The van der Waals surface area contributed by atoms with Crippen LogP contribution in [0.2, 0.25) is 0 Å². The second kappa shape index (κ2) is 6.58. The van der Waals surface area contributed by atoms with Crippen LogP contribution in [-0.2, 0) is 4.79 Å². The van der Waals surface area contributed by atoms with Crippen LogP contribution in [0.3, 0.4) is 0 Å². The van der Waals surface area contributed by atoms with Crippen LogP contribution in [0.15, 0.2) is 22.5 Å². The van der Waals surface area contributed by atoms with Crippen LogP contribution >= 0.6 is 23.1 Å². The monoisotopic (exact) mass is 310 g/mol. The maximum atomic E-state index is 11.9. The number of thioether (sulfide) groups is 1. The molecule has 2 rings (SSSR count). The third-order valence-corrected chi connectivity index (χ3v) is 4.30. The standard InChI is InChI=1S/C12H14N4O2S2/c1-7-15-16-12(20-7)19-6-11(17)14-9-5-8(13)3-4-10(9)18-2/h3-5H,6,13H2,1-2H3,(H,14,17). The quantitative estimate of drug-likeness (QED) is 0.650. The number of nitrogens with one attached hydrogen (secondary N) is 1. The van der Waals surface area contributed by atoms with Crippen molar-refractivity contribution < 1.29 is 9.53 Å². The lowest BCUT2D eigenvalue weighted by Crippen LogP contribution is -2.14. The molecule has 3 N–H and O–H groups in total. The summed E-state index contributed by atoms with van der Waals surface area (Å²) in [7, 11) is 1.54. The largest absolute Gasteiger partial charge is 0.495 e. The van der Waals surface area contributed by atoms with Gasteiger partial charge in [-0.2, -0.15) is 0 Å². The number of anilines is 2. The molecule has 0 aliphatic rings. The lowest BCUT2D eigenvalue weighted by atomic mass is 10.2. The van der Waals surface area contributed by atoms with Gasteiger partial charge in [-0.25, -0.2) is 0 Å². The van der Waals surface area contributed by atoms with E-state index in [1.54, 1.807) is 25.3 Å². The molecule has 2 aromatic rings. The molecule has 0 saturated heterocycles. The van der Waals surface area contributed by atoms with Gasteiger partial charge in [-0.05, 0) is 25.1 Å². The zero-order valence-electron chi connectivity index (χ0n) is 11.0. The van der Waals surface area contributed by atoms with Crippen molar-refractivity contribution in [1.82, 2.24) is 10.2 Å². The molecule has 20 heavy (non-hydrogen) atoms. The second-order valence-electron chi connectivity index (χ2n) is 3.88. The van der Waals surface area contributed by atoms with E-state index in [0.29, 0.717) is 17.1 Å². The van der Waals surface area contributed by atoms with Crippen LogP contribution in [0.25, 0.3) is 0 Å². The lowest BCUT2D eigenvalue weighted by Gasteiger charge is -2.10. The van der Waals surface area contributed by atoms with Gasteiger partial charge in [-0.15, -0.1) is 10.2 Å². The topological polar surface area (TPSA) is 90.1 Å². The van der Waals surface area contributed by atoms with Crippen molar-refractivity contribution in [2.45, 2.75) is 11.3 Å². The van der Waals surface area contributed by atoms with E-state index in [1.165, 1.54) is 23.1 Å². The normalized spacial score (nSPS) is 10.3. The molecule has 0 aliphatic carbocycles. The molecular weight excluding hydrogens is 296 g/mol.